The van der Waals surface area contributed by atoms with E-state index >= 15 is 0 Å². The van der Waals surface area contributed by atoms with Crippen molar-refractivity contribution in [2.75, 3.05) is 0 Å². The Bertz CT molecular complexity index is 548. The van der Waals surface area contributed by atoms with E-state index in [4.69, 9.17) is 0 Å². The van der Waals surface area contributed by atoms with Crippen molar-refractivity contribution in [1.82, 2.24) is 4.98 Å². The van der Waals surface area contributed by atoms with Gasteiger partial charge < -0.3 is 5.11 Å². The van der Waals surface area contributed by atoms with Gasteiger partial charge in [-0.2, -0.15) is 0 Å². The summed E-state index contributed by atoms with van der Waals surface area (Å²) in [5.41, 5.74) is 0.516. The normalized spacial score (nSPS) is 12.5. The maximum absolute atomic E-state index is 13.4. The zero-order chi connectivity index (χ0) is 12.4. The second kappa shape index (κ2) is 4.89. The van der Waals surface area contributed by atoms with Gasteiger partial charge >= 0.3 is 0 Å². The van der Waals surface area contributed by atoms with E-state index in [2.05, 4.69) is 20.9 Å². The second-order valence-corrected chi connectivity index (χ2v) is 4.33. The standard InChI is InChI=1S/C12H8BrF2NO/c13-9-5-7(1-2-10(9)14)12(17)8-3-4-16-6-11(8)15/h1-6,12,17H. The molecule has 0 aliphatic heterocycles. The molecule has 0 bridgehead atoms. The minimum atomic E-state index is -1.14. The van der Waals surface area contributed by atoms with Crippen molar-refractivity contribution in [1.29, 1.82) is 0 Å². The van der Waals surface area contributed by atoms with Crippen molar-refractivity contribution in [3.63, 3.8) is 0 Å². The SMILES string of the molecule is OC(c1ccc(F)c(Br)c1)c1ccncc1F. The van der Waals surface area contributed by atoms with Gasteiger partial charge in [0.25, 0.3) is 0 Å². The molecule has 0 amide bonds. The lowest BCUT2D eigenvalue weighted by Crippen LogP contribution is -2.03. The zero-order valence-corrected chi connectivity index (χ0v) is 10.2. The van der Waals surface area contributed by atoms with Gasteiger partial charge in [0.05, 0.1) is 10.7 Å². The van der Waals surface area contributed by atoms with Crippen LogP contribution in [-0.2, 0) is 0 Å². The molecule has 0 spiro atoms. The molecule has 5 heteroatoms. The Morgan fingerprint density at radius 2 is 1.94 bits per heavy atom. The van der Waals surface area contributed by atoms with E-state index in [0.717, 1.165) is 6.20 Å². The van der Waals surface area contributed by atoms with Crippen molar-refractivity contribution < 1.29 is 13.9 Å². The minimum absolute atomic E-state index is 0.110. The van der Waals surface area contributed by atoms with Crippen LogP contribution in [0.1, 0.15) is 17.2 Å². The molecule has 1 N–H and O–H groups in total. The summed E-state index contributed by atoms with van der Waals surface area (Å²) in [5.74, 6) is -1.03. The number of pyridine rings is 1. The molecule has 0 radical (unpaired) electrons. The minimum Gasteiger partial charge on any atom is -0.384 e. The van der Waals surface area contributed by atoms with E-state index in [9.17, 15) is 13.9 Å². The van der Waals surface area contributed by atoms with Gasteiger partial charge in [-0.25, -0.2) is 8.78 Å². The first-order valence-corrected chi connectivity index (χ1v) is 5.61. The van der Waals surface area contributed by atoms with Crippen LogP contribution in [-0.4, -0.2) is 10.1 Å². The quantitative estimate of drug-likeness (QED) is 0.924. The highest BCUT2D eigenvalue weighted by Crippen LogP contribution is 2.27. The van der Waals surface area contributed by atoms with Crippen LogP contribution in [0, 0.1) is 11.6 Å². The number of halogens is 3. The van der Waals surface area contributed by atoms with Gasteiger partial charge in [-0.05, 0) is 39.7 Å². The van der Waals surface area contributed by atoms with Gasteiger partial charge in [0.2, 0.25) is 0 Å². The summed E-state index contributed by atoms with van der Waals surface area (Å²) in [6.45, 7) is 0. The summed E-state index contributed by atoms with van der Waals surface area (Å²) >= 11 is 3.01. The first-order valence-electron chi connectivity index (χ1n) is 4.82. The first-order chi connectivity index (χ1) is 8.09. The Balaban J connectivity index is 2.40. The second-order valence-electron chi connectivity index (χ2n) is 3.47. The van der Waals surface area contributed by atoms with Gasteiger partial charge in [-0.1, -0.05) is 6.07 Å². The number of hydrogen-bond donors (Lipinski definition) is 1. The summed E-state index contributed by atoms with van der Waals surface area (Å²) in [6, 6.07) is 5.42. The Hall–Kier alpha value is -1.33. The highest BCUT2D eigenvalue weighted by Gasteiger charge is 2.15. The number of benzene rings is 1. The van der Waals surface area contributed by atoms with E-state index in [1.54, 1.807) is 0 Å². The molecule has 2 aromatic rings. The molecule has 0 aliphatic rings. The lowest BCUT2D eigenvalue weighted by molar-refractivity contribution is 0.214. The van der Waals surface area contributed by atoms with Crippen LogP contribution < -0.4 is 0 Å². The molecule has 2 nitrogen and oxygen atoms in total. The summed E-state index contributed by atoms with van der Waals surface area (Å²) in [7, 11) is 0. The summed E-state index contributed by atoms with van der Waals surface area (Å²) in [6.07, 6.45) is 1.27. The Kier molecular flexibility index (Phi) is 3.49. The molecule has 2 rings (SSSR count). The third-order valence-corrected chi connectivity index (χ3v) is 2.97. The molecule has 1 atom stereocenters. The van der Waals surface area contributed by atoms with Crippen LogP contribution in [0.5, 0.6) is 0 Å². The molecular weight excluding hydrogens is 292 g/mol. The highest BCUT2D eigenvalue weighted by molar-refractivity contribution is 9.10. The van der Waals surface area contributed by atoms with Gasteiger partial charge in [0.15, 0.2) is 0 Å². The molecular formula is C12H8BrF2NO. The van der Waals surface area contributed by atoms with Crippen LogP contribution in [0.15, 0.2) is 41.1 Å². The third kappa shape index (κ3) is 2.50. The molecule has 1 unspecified atom stereocenters. The van der Waals surface area contributed by atoms with Crippen LogP contribution in [0.4, 0.5) is 8.78 Å². The van der Waals surface area contributed by atoms with Crippen LogP contribution >= 0.6 is 15.9 Å². The summed E-state index contributed by atoms with van der Waals surface area (Å²) in [5, 5.41) is 9.98. The molecule has 1 aromatic heterocycles. The summed E-state index contributed by atoms with van der Waals surface area (Å²) in [4.78, 5) is 3.60. The molecule has 1 aromatic carbocycles. The fourth-order valence-corrected chi connectivity index (χ4v) is 1.87. The smallest absolute Gasteiger partial charge is 0.147 e. The number of nitrogens with zero attached hydrogens (tertiary/aromatic N) is 1. The molecule has 0 saturated carbocycles. The van der Waals surface area contributed by atoms with Crippen LogP contribution in [0.3, 0.4) is 0 Å². The number of rotatable bonds is 2. The maximum atomic E-state index is 13.4. The molecule has 0 saturated heterocycles. The topological polar surface area (TPSA) is 33.1 Å². The van der Waals surface area contributed by atoms with Gasteiger partial charge in [-0.15, -0.1) is 0 Å². The zero-order valence-electron chi connectivity index (χ0n) is 8.57. The number of aliphatic hydroxyl groups is 1. The van der Waals surface area contributed by atoms with E-state index in [-0.39, 0.29) is 10.0 Å². The molecule has 1 heterocycles. The molecule has 17 heavy (non-hydrogen) atoms. The van der Waals surface area contributed by atoms with Crippen LogP contribution in [0.25, 0.3) is 0 Å². The maximum Gasteiger partial charge on any atom is 0.147 e. The Labute approximate surface area is 105 Å². The largest absolute Gasteiger partial charge is 0.384 e. The van der Waals surface area contributed by atoms with Gasteiger partial charge in [-0.3, -0.25) is 4.98 Å². The average molecular weight is 300 g/mol. The number of aromatic nitrogens is 1. The van der Waals surface area contributed by atoms with Gasteiger partial charge in [0.1, 0.15) is 17.7 Å². The summed E-state index contributed by atoms with van der Waals surface area (Å²) < 4.78 is 26.7. The van der Waals surface area contributed by atoms with E-state index in [1.807, 2.05) is 0 Å². The fourth-order valence-electron chi connectivity index (χ4n) is 1.47. The van der Waals surface area contributed by atoms with Crippen molar-refractivity contribution in [3.8, 4) is 0 Å². The molecule has 88 valence electrons. The average Bonchev–Trinajstić information content (AvgIpc) is 2.32. The van der Waals surface area contributed by atoms with E-state index < -0.39 is 17.7 Å². The Morgan fingerprint density at radius 3 is 2.59 bits per heavy atom. The third-order valence-electron chi connectivity index (χ3n) is 2.36. The predicted octanol–water partition coefficient (Wildman–Crippen LogP) is 3.20. The number of hydrogen-bond acceptors (Lipinski definition) is 2. The van der Waals surface area contributed by atoms with Crippen molar-refractivity contribution in [2.45, 2.75) is 6.10 Å². The molecule has 0 aliphatic carbocycles. The highest BCUT2D eigenvalue weighted by atomic mass is 79.9. The fraction of sp³-hybridized carbons (Fsp3) is 0.0833. The van der Waals surface area contributed by atoms with E-state index in [0.29, 0.717) is 5.56 Å². The predicted molar refractivity (Wildman–Crippen MR) is 62.4 cm³/mol. The monoisotopic (exact) mass is 299 g/mol. The lowest BCUT2D eigenvalue weighted by atomic mass is 10.0. The van der Waals surface area contributed by atoms with Crippen molar-refractivity contribution in [3.05, 3.63) is 63.9 Å². The number of aliphatic hydroxyl groups excluding tert-OH is 1. The van der Waals surface area contributed by atoms with Gasteiger partial charge in [0, 0.05) is 11.8 Å². The first kappa shape index (κ1) is 12.1. The Morgan fingerprint density at radius 1 is 1.18 bits per heavy atom. The van der Waals surface area contributed by atoms with E-state index in [1.165, 1.54) is 30.5 Å². The van der Waals surface area contributed by atoms with Crippen LogP contribution in [0.2, 0.25) is 0 Å². The van der Waals surface area contributed by atoms with Crippen molar-refractivity contribution >= 4 is 15.9 Å². The van der Waals surface area contributed by atoms with Crippen molar-refractivity contribution in [2.24, 2.45) is 0 Å². The lowest BCUT2D eigenvalue weighted by Gasteiger charge is -2.12. The molecule has 0 fully saturated rings.